The third-order valence-corrected chi connectivity index (χ3v) is 15.9. The van der Waals surface area contributed by atoms with Crippen molar-refractivity contribution in [3.8, 4) is 0 Å². The summed E-state index contributed by atoms with van der Waals surface area (Å²) in [6.45, 7) is 16.2. The lowest BCUT2D eigenvalue weighted by Crippen LogP contribution is -2.67. The Morgan fingerprint density at radius 2 is 1.48 bits per heavy atom. The van der Waals surface area contributed by atoms with E-state index in [4.69, 9.17) is 28.4 Å². The van der Waals surface area contributed by atoms with E-state index in [0.717, 1.165) is 36.8 Å². The number of hydrogen-bond acceptors (Lipinski definition) is 14. The van der Waals surface area contributed by atoms with Crippen LogP contribution < -0.4 is 0 Å². The Morgan fingerprint density at radius 3 is 2.18 bits per heavy atom. The van der Waals surface area contributed by atoms with E-state index >= 15 is 0 Å². The molecule has 4 aliphatic heterocycles. The predicted molar refractivity (Wildman–Crippen MR) is 198 cm³/mol. The minimum Gasteiger partial charge on any atom is -0.461 e. The zero-order valence-electron chi connectivity index (χ0n) is 34.1. The second-order valence-corrected chi connectivity index (χ2v) is 19.3. The molecule has 5 fully saturated rings. The van der Waals surface area contributed by atoms with Gasteiger partial charge in [0.1, 0.15) is 55.4 Å². The quantitative estimate of drug-likeness (QED) is 0.124. The second kappa shape index (κ2) is 14.9. The normalized spacial score (nSPS) is 50.1. The summed E-state index contributed by atoms with van der Waals surface area (Å²) < 4.78 is 35.9. The van der Waals surface area contributed by atoms with Gasteiger partial charge >= 0.3 is 11.9 Å². The van der Waals surface area contributed by atoms with Crippen LogP contribution in [0.3, 0.4) is 0 Å². The lowest BCUT2D eigenvalue weighted by molar-refractivity contribution is -0.344. The number of rotatable bonds is 7. The van der Waals surface area contributed by atoms with Gasteiger partial charge in [-0.2, -0.15) is 0 Å². The fourth-order valence-electron chi connectivity index (χ4n) is 12.5. The first-order chi connectivity index (χ1) is 26.2. The van der Waals surface area contributed by atoms with E-state index in [1.165, 1.54) is 6.92 Å². The zero-order chi connectivity index (χ0) is 40.9. The van der Waals surface area contributed by atoms with Gasteiger partial charge in [-0.25, -0.2) is 4.79 Å². The average molecular weight is 793 g/mol. The Kier molecular flexibility index (Phi) is 11.2. The number of aliphatic hydroxyl groups is 6. The van der Waals surface area contributed by atoms with Gasteiger partial charge in [0.2, 0.25) is 0 Å². The molecule has 6 N–H and O–H groups in total. The second-order valence-electron chi connectivity index (χ2n) is 19.3. The molecular weight excluding hydrogens is 728 g/mol. The van der Waals surface area contributed by atoms with E-state index in [0.29, 0.717) is 24.8 Å². The molecule has 4 heterocycles. The third kappa shape index (κ3) is 6.44. The average Bonchev–Trinajstić information content (AvgIpc) is 3.39. The molecule has 0 amide bonds. The molecule has 0 unspecified atom stereocenters. The summed E-state index contributed by atoms with van der Waals surface area (Å²) in [5.41, 5.74) is 0.525. The van der Waals surface area contributed by atoms with Crippen molar-refractivity contribution in [2.45, 2.75) is 174 Å². The van der Waals surface area contributed by atoms with Gasteiger partial charge < -0.3 is 59.1 Å². The van der Waals surface area contributed by atoms with Crippen molar-refractivity contribution in [3.05, 3.63) is 22.8 Å². The summed E-state index contributed by atoms with van der Waals surface area (Å²) in [5, 5.41) is 63.5. The van der Waals surface area contributed by atoms with Crippen molar-refractivity contribution >= 4 is 11.9 Å². The number of hydrogen-bond donors (Lipinski definition) is 6. The van der Waals surface area contributed by atoms with Crippen LogP contribution in [0.4, 0.5) is 0 Å². The molecule has 316 valence electrons. The molecular formula is C42H64O14. The molecule has 56 heavy (non-hydrogen) atoms. The molecule has 0 aromatic heterocycles. The van der Waals surface area contributed by atoms with Crippen LogP contribution in [0.15, 0.2) is 22.8 Å². The maximum Gasteiger partial charge on any atom is 0.335 e. The summed E-state index contributed by atoms with van der Waals surface area (Å²) in [4.78, 5) is 28.0. The molecule has 7 rings (SSSR count). The Balaban J connectivity index is 1.08. The molecule has 18 atom stereocenters. The van der Waals surface area contributed by atoms with Crippen LogP contribution in [-0.4, -0.2) is 129 Å². The number of esters is 2. The molecule has 0 spiro atoms. The molecule has 2 saturated heterocycles. The number of carbonyl (C=O) groups is 2. The molecule has 0 bridgehead atoms. The van der Waals surface area contributed by atoms with Crippen LogP contribution >= 0.6 is 0 Å². The van der Waals surface area contributed by atoms with E-state index in [2.05, 4.69) is 33.8 Å². The number of aliphatic hydroxyl groups excluding tert-OH is 6. The van der Waals surface area contributed by atoms with Crippen molar-refractivity contribution in [1.82, 2.24) is 0 Å². The first-order valence-corrected chi connectivity index (χ1v) is 20.6. The van der Waals surface area contributed by atoms with Gasteiger partial charge in [0.25, 0.3) is 0 Å². The van der Waals surface area contributed by atoms with Gasteiger partial charge in [0.05, 0.1) is 24.2 Å². The molecule has 3 saturated carbocycles. The fourth-order valence-corrected chi connectivity index (χ4v) is 12.5. The molecule has 0 radical (unpaired) electrons. The van der Waals surface area contributed by atoms with E-state index < -0.39 is 89.9 Å². The highest BCUT2D eigenvalue weighted by Gasteiger charge is 2.71. The molecule has 3 aliphatic carbocycles. The van der Waals surface area contributed by atoms with Gasteiger partial charge in [0, 0.05) is 23.5 Å². The number of allylic oxidation sites excluding steroid dienone is 1. The highest BCUT2D eigenvalue weighted by Crippen LogP contribution is 2.73. The summed E-state index contributed by atoms with van der Waals surface area (Å²) in [5.74, 6) is -0.584. The van der Waals surface area contributed by atoms with E-state index in [1.54, 1.807) is 0 Å². The zero-order valence-corrected chi connectivity index (χ0v) is 34.1. The van der Waals surface area contributed by atoms with Gasteiger partial charge in [-0.1, -0.05) is 39.3 Å². The third-order valence-electron chi connectivity index (χ3n) is 15.9. The first kappa shape index (κ1) is 42.2. The highest BCUT2D eigenvalue weighted by molar-refractivity contribution is 5.95. The topological polar surface area (TPSA) is 211 Å². The minimum absolute atomic E-state index is 0.0660. The van der Waals surface area contributed by atoms with Crippen LogP contribution in [0, 0.1) is 39.4 Å². The number of ether oxygens (including phenoxy) is 6. The first-order valence-electron chi connectivity index (χ1n) is 20.6. The van der Waals surface area contributed by atoms with Crippen LogP contribution in [-0.2, 0) is 38.0 Å². The molecule has 14 nitrogen and oxygen atoms in total. The Morgan fingerprint density at radius 1 is 0.804 bits per heavy atom. The van der Waals surface area contributed by atoms with E-state index in [1.807, 2.05) is 20.8 Å². The highest BCUT2D eigenvalue weighted by atomic mass is 16.7. The summed E-state index contributed by atoms with van der Waals surface area (Å²) in [6, 6.07) is 0. The molecule has 14 heteroatoms. The van der Waals surface area contributed by atoms with Crippen molar-refractivity contribution < 1.29 is 68.6 Å². The van der Waals surface area contributed by atoms with Gasteiger partial charge in [0.15, 0.2) is 12.6 Å². The minimum atomic E-state index is -1.62. The smallest absolute Gasteiger partial charge is 0.335 e. The van der Waals surface area contributed by atoms with Crippen LogP contribution in [0.25, 0.3) is 0 Å². The van der Waals surface area contributed by atoms with Crippen molar-refractivity contribution in [1.29, 1.82) is 0 Å². The summed E-state index contributed by atoms with van der Waals surface area (Å²) in [7, 11) is 0. The number of fused-ring (bicyclic) bond motifs is 6. The van der Waals surface area contributed by atoms with Crippen LogP contribution in [0.2, 0.25) is 0 Å². The summed E-state index contributed by atoms with van der Waals surface area (Å²) >= 11 is 0. The molecule has 7 aliphatic rings. The van der Waals surface area contributed by atoms with Crippen LogP contribution in [0.5, 0.6) is 0 Å². The van der Waals surface area contributed by atoms with Crippen LogP contribution in [0.1, 0.15) is 100 Å². The van der Waals surface area contributed by atoms with Crippen molar-refractivity contribution in [3.63, 3.8) is 0 Å². The Bertz CT molecular complexity index is 1590. The standard InChI is InChI=1S/C42H64O14/c1-19(2)9-11-23-21-17-52-38(50)42(8)22(28(21)35(49)54-23)10-12-26-40(6)15-14-27(39(4,5)25(40)13-16-41(26,42)7)56-37-34(48)32(46)30(44)24(55-37)18-51-36-33(47)31(45)29(43)20(3)53-36/h9,20,22-27,29-34,36-37,43-48H,10-18H2,1-8H3/t20-,22+,23+,24+,25+,26+,27-,29-,30+,31+,32-,33+,34+,36+,37-,40-,41+,42-/m0/s1. The number of cyclic esters (lactones) is 2. The SMILES string of the molecule is CC(C)=CC[C@H]1OC(=O)C2=C1COC(=O)[C@]1(C)[C@@H]2CC[C@@H]2[C@@]3(C)CC[C@H](O[C@@H]4O[C@H](CO[C@@H]5O[C@@H](C)[C@H](O)[C@@H](O)[C@H]5O)[C@@H](O)[C@H](O)[C@H]4O)C(C)(C)[C@H]3CC[C@]21C. The van der Waals surface area contributed by atoms with Gasteiger partial charge in [-0.05, 0) is 94.3 Å². The fraction of sp³-hybridized carbons (Fsp3) is 0.857. The number of carbonyl (C=O) groups excluding carboxylic acids is 2. The van der Waals surface area contributed by atoms with E-state index in [-0.39, 0.29) is 48.3 Å². The van der Waals surface area contributed by atoms with E-state index in [9.17, 15) is 40.2 Å². The van der Waals surface area contributed by atoms with Crippen molar-refractivity contribution in [2.75, 3.05) is 13.2 Å². The maximum atomic E-state index is 14.3. The Labute approximate surface area is 329 Å². The maximum absolute atomic E-state index is 14.3. The van der Waals surface area contributed by atoms with Gasteiger partial charge in [-0.15, -0.1) is 0 Å². The molecule has 0 aromatic rings. The predicted octanol–water partition coefficient (Wildman–Crippen LogP) is 2.43. The largest absolute Gasteiger partial charge is 0.461 e. The monoisotopic (exact) mass is 792 g/mol. The lowest BCUT2D eigenvalue weighted by atomic mass is 9.35. The Hall–Kier alpha value is -1.98. The summed E-state index contributed by atoms with van der Waals surface area (Å²) in [6.07, 6.45) is -7.58. The molecule has 0 aromatic carbocycles. The van der Waals surface area contributed by atoms with Crippen molar-refractivity contribution in [2.24, 2.45) is 39.4 Å². The lowest BCUT2D eigenvalue weighted by Gasteiger charge is -2.69. The van der Waals surface area contributed by atoms with Gasteiger partial charge in [-0.3, -0.25) is 4.79 Å².